The van der Waals surface area contributed by atoms with Crippen molar-refractivity contribution in [1.29, 1.82) is 0 Å². The van der Waals surface area contributed by atoms with Crippen molar-refractivity contribution >= 4 is 12.0 Å². The first-order valence-corrected chi connectivity index (χ1v) is 14.0. The summed E-state index contributed by atoms with van der Waals surface area (Å²) in [6.45, 7) is 2.87. The molecule has 7 nitrogen and oxygen atoms in total. The molecule has 3 aromatic carbocycles. The van der Waals surface area contributed by atoms with E-state index in [9.17, 15) is 19.1 Å². The van der Waals surface area contributed by atoms with Crippen LogP contribution in [-0.4, -0.2) is 53.8 Å². The van der Waals surface area contributed by atoms with Crippen LogP contribution in [0.5, 0.6) is 0 Å². The lowest BCUT2D eigenvalue weighted by Crippen LogP contribution is -2.48. The average molecular weight is 584 g/mol. The topological polar surface area (TPSA) is 102 Å². The number of nitrogens with zero attached hydrogens (tertiary/aromatic N) is 1. The molecule has 1 saturated heterocycles. The molecule has 3 aromatic rings. The molecule has 1 fully saturated rings. The van der Waals surface area contributed by atoms with Gasteiger partial charge in [0.05, 0.1) is 5.60 Å². The Hall–Kier alpha value is -3.89. The van der Waals surface area contributed by atoms with Gasteiger partial charge < -0.3 is 25.7 Å². The Morgan fingerprint density at radius 1 is 1.05 bits per heavy atom. The Labute approximate surface area is 243 Å². The van der Waals surface area contributed by atoms with Crippen molar-refractivity contribution in [3.8, 4) is 11.1 Å². The Kier molecular flexibility index (Phi) is 9.90. The summed E-state index contributed by atoms with van der Waals surface area (Å²) < 4.78 is 45.4. The zero-order chi connectivity index (χ0) is 30.4. The Balaban J connectivity index is 1.75. The first-order valence-electron chi connectivity index (χ1n) is 14.0. The molecule has 0 spiro atoms. The van der Waals surface area contributed by atoms with Crippen molar-refractivity contribution < 1.29 is 33.0 Å². The minimum Gasteiger partial charge on any atom is -0.465 e. The van der Waals surface area contributed by atoms with Gasteiger partial charge in [0.15, 0.2) is 0 Å². The van der Waals surface area contributed by atoms with Gasteiger partial charge >= 0.3 is 6.09 Å². The zero-order valence-corrected chi connectivity index (χ0v) is 23.7. The van der Waals surface area contributed by atoms with Gasteiger partial charge in [0, 0.05) is 54.9 Å². The lowest BCUT2D eigenvalue weighted by atomic mass is 9.72. The largest absolute Gasteiger partial charge is 0.465 e. The van der Waals surface area contributed by atoms with Crippen LogP contribution in [0.25, 0.3) is 11.1 Å². The van der Waals surface area contributed by atoms with Crippen LogP contribution in [-0.2, 0) is 12.1 Å². The standard InChI is InChI=1S/C32H36F3N3O4/c1-20-6-11-27(34)25(15-20)29-26(16-24(33)17-28(29)35)32(42,12-4-13-37-31(40)41)23-5-3-14-38(19-23)30(39)22-9-7-21(8-10-22)18-36-2/h6-11,15-17,23,36-37,42H,3-5,12-14,18-19H2,1-2H3,(H,40,41). The minimum atomic E-state index is -1.91. The van der Waals surface area contributed by atoms with Crippen LogP contribution >= 0.6 is 0 Å². The van der Waals surface area contributed by atoms with Gasteiger partial charge in [-0.3, -0.25) is 4.79 Å². The highest BCUT2D eigenvalue weighted by molar-refractivity contribution is 5.94. The van der Waals surface area contributed by atoms with E-state index >= 15 is 8.78 Å². The number of likely N-dealkylation sites (tertiary alicyclic amines) is 1. The summed E-state index contributed by atoms with van der Waals surface area (Å²) in [6, 6.07) is 13.0. The molecule has 4 rings (SSSR count). The Morgan fingerprint density at radius 3 is 2.48 bits per heavy atom. The fourth-order valence-corrected chi connectivity index (χ4v) is 5.83. The number of aliphatic hydroxyl groups is 1. The second-order valence-corrected chi connectivity index (χ2v) is 10.9. The molecule has 2 atom stereocenters. The lowest BCUT2D eigenvalue weighted by molar-refractivity contribution is -0.0566. The first kappa shape index (κ1) is 31.1. The number of piperidine rings is 1. The third kappa shape index (κ3) is 6.94. The monoisotopic (exact) mass is 583 g/mol. The Bertz CT molecular complexity index is 1430. The highest BCUT2D eigenvalue weighted by Crippen LogP contribution is 2.45. The fraction of sp³-hybridized carbons (Fsp3) is 0.375. The first-order chi connectivity index (χ1) is 20.0. The molecule has 2 unspecified atom stereocenters. The van der Waals surface area contributed by atoms with E-state index in [2.05, 4.69) is 10.6 Å². The van der Waals surface area contributed by atoms with Crippen molar-refractivity contribution in [2.75, 3.05) is 26.7 Å². The third-order valence-corrected chi connectivity index (χ3v) is 7.89. The van der Waals surface area contributed by atoms with Gasteiger partial charge in [-0.15, -0.1) is 0 Å². The van der Waals surface area contributed by atoms with Crippen molar-refractivity contribution in [2.24, 2.45) is 5.92 Å². The second kappa shape index (κ2) is 13.4. The summed E-state index contributed by atoms with van der Waals surface area (Å²) in [4.78, 5) is 26.1. The number of carboxylic acid groups (broad SMARTS) is 1. The van der Waals surface area contributed by atoms with Crippen LogP contribution in [0.1, 0.15) is 52.7 Å². The summed E-state index contributed by atoms with van der Waals surface area (Å²) in [5.41, 5.74) is -0.279. The molecule has 0 aromatic heterocycles. The van der Waals surface area contributed by atoms with Gasteiger partial charge in [-0.2, -0.15) is 0 Å². The van der Waals surface area contributed by atoms with E-state index in [-0.39, 0.29) is 48.5 Å². The molecule has 2 amide bonds. The van der Waals surface area contributed by atoms with Gasteiger partial charge in [-0.1, -0.05) is 23.8 Å². The van der Waals surface area contributed by atoms with Gasteiger partial charge in [0.2, 0.25) is 0 Å². The number of rotatable bonds is 10. The van der Waals surface area contributed by atoms with Crippen molar-refractivity contribution in [3.63, 3.8) is 0 Å². The second-order valence-electron chi connectivity index (χ2n) is 10.9. The van der Waals surface area contributed by atoms with Crippen LogP contribution in [0.3, 0.4) is 0 Å². The van der Waals surface area contributed by atoms with Crippen molar-refractivity contribution in [3.05, 3.63) is 94.3 Å². The van der Waals surface area contributed by atoms with Crippen LogP contribution < -0.4 is 10.6 Å². The highest BCUT2D eigenvalue weighted by Gasteiger charge is 2.44. The summed E-state index contributed by atoms with van der Waals surface area (Å²) in [5.74, 6) is -3.60. The summed E-state index contributed by atoms with van der Waals surface area (Å²) in [6.07, 6.45) is -0.235. The maximum Gasteiger partial charge on any atom is 0.404 e. The van der Waals surface area contributed by atoms with E-state index in [0.29, 0.717) is 43.1 Å². The van der Waals surface area contributed by atoms with E-state index < -0.39 is 35.1 Å². The number of hydrogen-bond acceptors (Lipinski definition) is 4. The average Bonchev–Trinajstić information content (AvgIpc) is 2.96. The predicted molar refractivity (Wildman–Crippen MR) is 153 cm³/mol. The van der Waals surface area contributed by atoms with Crippen LogP contribution in [0.4, 0.5) is 18.0 Å². The highest BCUT2D eigenvalue weighted by atomic mass is 19.1. The lowest BCUT2D eigenvalue weighted by Gasteiger charge is -2.43. The summed E-state index contributed by atoms with van der Waals surface area (Å²) in [5, 5.41) is 26.7. The Morgan fingerprint density at radius 2 is 1.79 bits per heavy atom. The maximum absolute atomic E-state index is 15.5. The number of benzene rings is 3. The number of aryl methyl sites for hydroxylation is 1. The molecule has 4 N–H and O–H groups in total. The molecule has 0 bridgehead atoms. The van der Waals surface area contributed by atoms with E-state index in [1.165, 1.54) is 18.2 Å². The smallest absolute Gasteiger partial charge is 0.404 e. The van der Waals surface area contributed by atoms with E-state index in [0.717, 1.165) is 11.6 Å². The van der Waals surface area contributed by atoms with E-state index in [4.69, 9.17) is 5.11 Å². The van der Waals surface area contributed by atoms with Gasteiger partial charge in [-0.05, 0) is 81.1 Å². The normalized spacial score (nSPS) is 16.6. The molecule has 0 aliphatic carbocycles. The molecule has 10 heteroatoms. The molecule has 224 valence electrons. The van der Waals surface area contributed by atoms with Crippen molar-refractivity contribution in [2.45, 2.75) is 44.8 Å². The number of halogens is 3. The molecular formula is C32H36F3N3O4. The molecule has 0 saturated carbocycles. The van der Waals surface area contributed by atoms with Crippen molar-refractivity contribution in [1.82, 2.24) is 15.5 Å². The molecule has 1 heterocycles. The van der Waals surface area contributed by atoms with Gasteiger partial charge in [-0.25, -0.2) is 18.0 Å². The van der Waals surface area contributed by atoms with Crippen LogP contribution in [0, 0.1) is 30.3 Å². The number of nitrogens with one attached hydrogen (secondary N) is 2. The molecule has 0 radical (unpaired) electrons. The third-order valence-electron chi connectivity index (χ3n) is 7.89. The molecule has 1 aliphatic heterocycles. The minimum absolute atomic E-state index is 0.0160. The predicted octanol–water partition coefficient (Wildman–Crippen LogP) is 5.59. The summed E-state index contributed by atoms with van der Waals surface area (Å²) in [7, 11) is 1.83. The number of carbonyl (C=O) groups excluding carboxylic acids is 1. The number of amides is 2. The fourth-order valence-electron chi connectivity index (χ4n) is 5.83. The number of hydrogen-bond donors (Lipinski definition) is 4. The van der Waals surface area contributed by atoms with E-state index in [1.54, 1.807) is 24.0 Å². The quantitative estimate of drug-likeness (QED) is 0.233. The van der Waals surface area contributed by atoms with Crippen LogP contribution in [0.15, 0.2) is 54.6 Å². The number of carbonyl (C=O) groups is 2. The zero-order valence-electron chi connectivity index (χ0n) is 23.7. The molecular weight excluding hydrogens is 547 g/mol. The SMILES string of the molecule is CNCc1ccc(C(=O)N2CCCC(C(O)(CCCNC(=O)O)c3cc(F)cc(F)c3-c3cc(C)ccc3F)C2)cc1. The summed E-state index contributed by atoms with van der Waals surface area (Å²) >= 11 is 0. The molecule has 1 aliphatic rings. The van der Waals surface area contributed by atoms with Gasteiger partial charge in [0.1, 0.15) is 17.5 Å². The van der Waals surface area contributed by atoms with Crippen LogP contribution in [0.2, 0.25) is 0 Å². The van der Waals surface area contributed by atoms with Gasteiger partial charge in [0.25, 0.3) is 5.91 Å². The maximum atomic E-state index is 15.5. The molecule has 42 heavy (non-hydrogen) atoms. The van der Waals surface area contributed by atoms with E-state index in [1.807, 2.05) is 19.2 Å².